The summed E-state index contributed by atoms with van der Waals surface area (Å²) in [5.41, 5.74) is 0. The van der Waals surface area contributed by atoms with Crippen LogP contribution in [0.25, 0.3) is 0 Å². The molecule has 0 spiro atoms. The second kappa shape index (κ2) is 5.54. The molecule has 1 unspecified atom stereocenters. The van der Waals surface area contributed by atoms with Gasteiger partial charge in [0.2, 0.25) is 0 Å². The van der Waals surface area contributed by atoms with Crippen molar-refractivity contribution in [2.75, 3.05) is 6.61 Å². The third-order valence-corrected chi connectivity index (χ3v) is 1.07. The molecule has 1 aliphatic rings. The van der Waals surface area contributed by atoms with E-state index in [2.05, 4.69) is 4.74 Å². The summed E-state index contributed by atoms with van der Waals surface area (Å²) >= 11 is 0. The van der Waals surface area contributed by atoms with Crippen molar-refractivity contribution in [1.29, 1.82) is 0 Å². The summed E-state index contributed by atoms with van der Waals surface area (Å²) in [5.74, 6) is -1.56. The summed E-state index contributed by atoms with van der Waals surface area (Å²) in [6.45, 7) is 2.24. The fourth-order valence-electron chi connectivity index (χ4n) is 0.405. The Balaban J connectivity index is 0.000000202. The van der Waals surface area contributed by atoms with Crippen LogP contribution in [0.5, 0.6) is 0 Å². The largest absolute Gasteiger partial charge is 0.481 e. The van der Waals surface area contributed by atoms with Gasteiger partial charge >= 0.3 is 11.9 Å². The van der Waals surface area contributed by atoms with Gasteiger partial charge in [-0.1, -0.05) is 6.92 Å². The van der Waals surface area contributed by atoms with E-state index in [9.17, 15) is 9.59 Å². The van der Waals surface area contributed by atoms with E-state index in [1.54, 1.807) is 0 Å². The smallest absolute Gasteiger partial charge is 0.335 e. The second-order valence-corrected chi connectivity index (χ2v) is 2.30. The molecule has 0 bridgehead atoms. The average molecular weight is 176 g/mol. The molecule has 70 valence electrons. The second-order valence-electron chi connectivity index (χ2n) is 2.30. The van der Waals surface area contributed by atoms with Crippen molar-refractivity contribution in [1.82, 2.24) is 0 Å². The Morgan fingerprint density at radius 3 is 2.00 bits per heavy atom. The normalized spacial score (nSPS) is 18.9. The number of ether oxygens (including phenoxy) is 1. The van der Waals surface area contributed by atoms with E-state index in [0.717, 1.165) is 6.42 Å². The average Bonchev–Trinajstić information content (AvgIpc) is 2.67. The lowest BCUT2D eigenvalue weighted by Gasteiger charge is -1.79. The standard InChI is InChI=1S/C4H8O2.C3H4O3/c1-2-3-4(5)6;4-3(5)2-1-6-2/h2-3H2,1H3,(H,5,6);2H,1H2,(H,4,5). The van der Waals surface area contributed by atoms with Crippen LogP contribution in [0, 0.1) is 0 Å². The van der Waals surface area contributed by atoms with E-state index in [1.807, 2.05) is 6.92 Å². The molecule has 1 saturated heterocycles. The minimum Gasteiger partial charge on any atom is -0.481 e. The molecule has 5 heteroatoms. The molecule has 1 atom stereocenters. The number of rotatable bonds is 3. The maximum atomic E-state index is 9.64. The lowest BCUT2D eigenvalue weighted by molar-refractivity contribution is -0.138. The molecule has 1 heterocycles. The predicted molar refractivity (Wildman–Crippen MR) is 39.9 cm³/mol. The van der Waals surface area contributed by atoms with Gasteiger partial charge in [-0.3, -0.25) is 4.79 Å². The lowest BCUT2D eigenvalue weighted by Crippen LogP contribution is -2.02. The van der Waals surface area contributed by atoms with Crippen LogP contribution in [0.4, 0.5) is 0 Å². The minimum absolute atomic E-state index is 0.292. The highest BCUT2D eigenvalue weighted by Gasteiger charge is 2.30. The highest BCUT2D eigenvalue weighted by Crippen LogP contribution is 2.06. The summed E-state index contributed by atoms with van der Waals surface area (Å²) in [7, 11) is 0. The maximum absolute atomic E-state index is 9.64. The van der Waals surface area contributed by atoms with Gasteiger partial charge in [0, 0.05) is 6.42 Å². The zero-order valence-corrected chi connectivity index (χ0v) is 6.82. The van der Waals surface area contributed by atoms with Gasteiger partial charge in [-0.15, -0.1) is 0 Å². The molecule has 5 nitrogen and oxygen atoms in total. The van der Waals surface area contributed by atoms with Crippen molar-refractivity contribution >= 4 is 11.9 Å². The molecule has 0 saturated carbocycles. The van der Waals surface area contributed by atoms with Gasteiger partial charge in [-0.05, 0) is 6.42 Å². The van der Waals surface area contributed by atoms with Crippen molar-refractivity contribution in [2.45, 2.75) is 25.9 Å². The summed E-state index contributed by atoms with van der Waals surface area (Å²) < 4.78 is 4.37. The Hall–Kier alpha value is -1.10. The first-order valence-corrected chi connectivity index (χ1v) is 3.64. The van der Waals surface area contributed by atoms with Gasteiger partial charge in [0.05, 0.1) is 6.61 Å². The SMILES string of the molecule is CCCC(=O)O.O=C(O)C1CO1. The molecule has 1 rings (SSSR count). The molecule has 0 aromatic carbocycles. The van der Waals surface area contributed by atoms with Crippen LogP contribution in [0.3, 0.4) is 0 Å². The first kappa shape index (κ1) is 10.9. The first-order chi connectivity index (χ1) is 5.57. The van der Waals surface area contributed by atoms with Crippen LogP contribution in [-0.2, 0) is 14.3 Å². The Labute approximate surface area is 70.0 Å². The molecule has 0 aromatic heterocycles. The Kier molecular flexibility index (Phi) is 5.03. The number of carboxylic acid groups (broad SMARTS) is 2. The van der Waals surface area contributed by atoms with E-state index in [1.165, 1.54) is 0 Å². The highest BCUT2D eigenvalue weighted by molar-refractivity contribution is 5.74. The van der Waals surface area contributed by atoms with Gasteiger partial charge in [-0.2, -0.15) is 0 Å². The minimum atomic E-state index is -0.852. The van der Waals surface area contributed by atoms with Crippen LogP contribution in [-0.4, -0.2) is 34.9 Å². The summed E-state index contributed by atoms with van der Waals surface area (Å²) in [6, 6.07) is 0. The topological polar surface area (TPSA) is 87.1 Å². The highest BCUT2D eigenvalue weighted by atomic mass is 16.6. The predicted octanol–water partition coefficient (Wildman–Crippen LogP) is 0.341. The Morgan fingerprint density at radius 2 is 2.00 bits per heavy atom. The number of carboxylic acids is 2. The van der Waals surface area contributed by atoms with Crippen LogP contribution in [0.2, 0.25) is 0 Å². The first-order valence-electron chi connectivity index (χ1n) is 3.64. The Bertz CT molecular complexity index is 161. The molecule has 0 aromatic rings. The van der Waals surface area contributed by atoms with Crippen LogP contribution < -0.4 is 0 Å². The molecule has 0 radical (unpaired) electrons. The summed E-state index contributed by atoms with van der Waals surface area (Å²) in [5, 5.41) is 15.8. The van der Waals surface area contributed by atoms with E-state index < -0.39 is 18.0 Å². The van der Waals surface area contributed by atoms with Crippen molar-refractivity contribution < 1.29 is 24.5 Å². The maximum Gasteiger partial charge on any atom is 0.335 e. The molecule has 0 amide bonds. The Morgan fingerprint density at radius 1 is 1.50 bits per heavy atom. The number of hydrogen-bond acceptors (Lipinski definition) is 3. The van der Waals surface area contributed by atoms with E-state index in [0.29, 0.717) is 13.0 Å². The molecule has 12 heavy (non-hydrogen) atoms. The fourth-order valence-corrected chi connectivity index (χ4v) is 0.405. The fraction of sp³-hybridized carbons (Fsp3) is 0.714. The molecule has 1 aliphatic heterocycles. The molecule has 0 aliphatic carbocycles. The van der Waals surface area contributed by atoms with Gasteiger partial charge in [0.15, 0.2) is 6.10 Å². The van der Waals surface area contributed by atoms with Gasteiger partial charge < -0.3 is 14.9 Å². The monoisotopic (exact) mass is 176 g/mol. The van der Waals surface area contributed by atoms with Gasteiger partial charge in [0.1, 0.15) is 0 Å². The number of hydrogen-bond donors (Lipinski definition) is 2. The van der Waals surface area contributed by atoms with E-state index in [-0.39, 0.29) is 0 Å². The molecular formula is C7H12O5. The molecule has 2 N–H and O–H groups in total. The van der Waals surface area contributed by atoms with Crippen LogP contribution in [0.15, 0.2) is 0 Å². The van der Waals surface area contributed by atoms with Crippen molar-refractivity contribution in [2.24, 2.45) is 0 Å². The van der Waals surface area contributed by atoms with E-state index in [4.69, 9.17) is 10.2 Å². The van der Waals surface area contributed by atoms with Crippen molar-refractivity contribution in [3.8, 4) is 0 Å². The zero-order valence-electron chi connectivity index (χ0n) is 6.82. The van der Waals surface area contributed by atoms with Crippen molar-refractivity contribution in [3.63, 3.8) is 0 Å². The number of carbonyl (C=O) groups is 2. The van der Waals surface area contributed by atoms with Gasteiger partial charge in [-0.25, -0.2) is 4.79 Å². The zero-order chi connectivity index (χ0) is 9.56. The van der Waals surface area contributed by atoms with Gasteiger partial charge in [0.25, 0.3) is 0 Å². The number of epoxide rings is 1. The van der Waals surface area contributed by atoms with Crippen LogP contribution in [0.1, 0.15) is 19.8 Å². The summed E-state index contributed by atoms with van der Waals surface area (Å²) in [4.78, 5) is 19.2. The third kappa shape index (κ3) is 7.01. The quantitative estimate of drug-likeness (QED) is 0.605. The molecular weight excluding hydrogens is 164 g/mol. The molecule has 1 fully saturated rings. The van der Waals surface area contributed by atoms with Crippen molar-refractivity contribution in [3.05, 3.63) is 0 Å². The van der Waals surface area contributed by atoms with Crippen LogP contribution >= 0.6 is 0 Å². The number of aliphatic carboxylic acids is 2. The summed E-state index contributed by atoms with van der Waals surface area (Å²) in [6.07, 6.45) is 0.542. The third-order valence-electron chi connectivity index (χ3n) is 1.07. The van der Waals surface area contributed by atoms with E-state index >= 15 is 0 Å². The lowest BCUT2D eigenvalue weighted by atomic mass is 10.4.